The fraction of sp³-hybridized carbons (Fsp3) is 0.600. The number of aliphatic hydroxyl groups is 1. The molecule has 0 bridgehead atoms. The summed E-state index contributed by atoms with van der Waals surface area (Å²) in [6, 6.07) is 8.27. The van der Waals surface area contributed by atoms with Crippen LogP contribution in [0.25, 0.3) is 0 Å². The molecular weight excluding hydrogens is 226 g/mol. The lowest BCUT2D eigenvalue weighted by Crippen LogP contribution is -2.30. The average molecular weight is 251 g/mol. The number of ether oxygens (including phenoxy) is 1. The Morgan fingerprint density at radius 3 is 2.61 bits per heavy atom. The van der Waals surface area contributed by atoms with Crippen LogP contribution in [-0.4, -0.2) is 24.9 Å². The lowest BCUT2D eigenvalue weighted by Gasteiger charge is -2.21. The summed E-state index contributed by atoms with van der Waals surface area (Å²) in [4.78, 5) is 0. The number of rotatable bonds is 8. The Labute approximate surface area is 110 Å². The van der Waals surface area contributed by atoms with E-state index in [4.69, 9.17) is 4.74 Å². The fourth-order valence-corrected chi connectivity index (χ4v) is 2.14. The minimum Gasteiger partial charge on any atom is -0.496 e. The first kappa shape index (κ1) is 15.0. The molecule has 3 nitrogen and oxygen atoms in total. The van der Waals surface area contributed by atoms with E-state index >= 15 is 0 Å². The van der Waals surface area contributed by atoms with Gasteiger partial charge in [-0.1, -0.05) is 38.5 Å². The molecule has 0 aliphatic heterocycles. The van der Waals surface area contributed by atoms with Crippen LogP contribution in [-0.2, 0) is 0 Å². The maximum atomic E-state index is 9.77. The van der Waals surface area contributed by atoms with Gasteiger partial charge >= 0.3 is 0 Å². The molecule has 0 aromatic heterocycles. The lowest BCUT2D eigenvalue weighted by atomic mass is 10.0. The van der Waals surface area contributed by atoms with Gasteiger partial charge in [0.2, 0.25) is 0 Å². The summed E-state index contributed by atoms with van der Waals surface area (Å²) in [5.41, 5.74) is 1.16. The van der Waals surface area contributed by atoms with Crippen LogP contribution in [0, 0.1) is 0 Å². The van der Waals surface area contributed by atoms with Gasteiger partial charge in [0.25, 0.3) is 0 Å². The highest BCUT2D eigenvalue weighted by Gasteiger charge is 2.14. The SMILES string of the molecule is CCCC(O)CNC(CC)c1ccccc1OC. The number of aliphatic hydroxyl groups excluding tert-OH is 1. The van der Waals surface area contributed by atoms with Gasteiger partial charge in [0.15, 0.2) is 0 Å². The molecule has 0 radical (unpaired) electrons. The first-order valence-corrected chi connectivity index (χ1v) is 6.77. The summed E-state index contributed by atoms with van der Waals surface area (Å²) >= 11 is 0. The lowest BCUT2D eigenvalue weighted by molar-refractivity contribution is 0.155. The molecule has 18 heavy (non-hydrogen) atoms. The standard InChI is InChI=1S/C15H25NO2/c1-4-8-12(17)11-16-14(5-2)13-9-6-7-10-15(13)18-3/h6-7,9-10,12,14,16-17H,4-5,8,11H2,1-3H3. The number of hydrogen-bond donors (Lipinski definition) is 2. The Morgan fingerprint density at radius 2 is 2.00 bits per heavy atom. The van der Waals surface area contributed by atoms with Crippen molar-refractivity contribution >= 4 is 0 Å². The van der Waals surface area contributed by atoms with Crippen molar-refractivity contribution in [1.82, 2.24) is 5.32 Å². The van der Waals surface area contributed by atoms with E-state index in [9.17, 15) is 5.11 Å². The summed E-state index contributed by atoms with van der Waals surface area (Å²) < 4.78 is 5.38. The Kier molecular flexibility index (Phi) is 6.76. The highest BCUT2D eigenvalue weighted by molar-refractivity contribution is 5.35. The smallest absolute Gasteiger partial charge is 0.123 e. The summed E-state index contributed by atoms with van der Waals surface area (Å²) in [6.45, 7) is 4.85. The third-order valence-electron chi connectivity index (χ3n) is 3.14. The fourth-order valence-electron chi connectivity index (χ4n) is 2.14. The first-order chi connectivity index (χ1) is 8.72. The minimum absolute atomic E-state index is 0.229. The van der Waals surface area contributed by atoms with Gasteiger partial charge in [0, 0.05) is 18.2 Å². The normalized spacial score (nSPS) is 14.2. The molecule has 0 heterocycles. The first-order valence-electron chi connectivity index (χ1n) is 6.77. The topological polar surface area (TPSA) is 41.5 Å². The Morgan fingerprint density at radius 1 is 1.28 bits per heavy atom. The molecule has 2 atom stereocenters. The van der Waals surface area contributed by atoms with Crippen molar-refractivity contribution in [3.05, 3.63) is 29.8 Å². The molecule has 0 amide bonds. The molecule has 1 rings (SSSR count). The van der Waals surface area contributed by atoms with Crippen LogP contribution in [0.4, 0.5) is 0 Å². The van der Waals surface area contributed by atoms with Crippen molar-refractivity contribution < 1.29 is 9.84 Å². The summed E-state index contributed by atoms with van der Waals surface area (Å²) in [5.74, 6) is 0.904. The van der Waals surface area contributed by atoms with E-state index in [1.54, 1.807) is 7.11 Å². The van der Waals surface area contributed by atoms with Gasteiger partial charge in [-0.3, -0.25) is 0 Å². The van der Waals surface area contributed by atoms with Gasteiger partial charge in [0.05, 0.1) is 13.2 Å². The second kappa shape index (κ2) is 8.11. The number of nitrogens with one attached hydrogen (secondary N) is 1. The molecular formula is C15H25NO2. The van der Waals surface area contributed by atoms with E-state index < -0.39 is 0 Å². The summed E-state index contributed by atoms with van der Waals surface area (Å²) in [7, 11) is 1.69. The summed E-state index contributed by atoms with van der Waals surface area (Å²) in [6.07, 6.45) is 2.56. The predicted octanol–water partition coefficient (Wildman–Crippen LogP) is 2.90. The maximum Gasteiger partial charge on any atom is 0.123 e. The summed E-state index contributed by atoms with van der Waals surface area (Å²) in [5, 5.41) is 13.2. The van der Waals surface area contributed by atoms with Crippen molar-refractivity contribution in [1.29, 1.82) is 0 Å². The van der Waals surface area contributed by atoms with E-state index in [1.807, 2.05) is 18.2 Å². The zero-order valence-corrected chi connectivity index (χ0v) is 11.6. The third kappa shape index (κ3) is 4.31. The highest BCUT2D eigenvalue weighted by Crippen LogP contribution is 2.26. The van der Waals surface area contributed by atoms with Crippen LogP contribution < -0.4 is 10.1 Å². The van der Waals surface area contributed by atoms with Crippen LogP contribution in [0.2, 0.25) is 0 Å². The van der Waals surface area contributed by atoms with Gasteiger partial charge < -0.3 is 15.2 Å². The molecule has 0 aliphatic carbocycles. The van der Waals surface area contributed by atoms with Crippen LogP contribution in [0.15, 0.2) is 24.3 Å². The third-order valence-corrected chi connectivity index (χ3v) is 3.14. The maximum absolute atomic E-state index is 9.77. The van der Waals surface area contributed by atoms with Gasteiger partial charge in [-0.25, -0.2) is 0 Å². The van der Waals surface area contributed by atoms with E-state index in [-0.39, 0.29) is 12.1 Å². The largest absolute Gasteiger partial charge is 0.496 e. The van der Waals surface area contributed by atoms with E-state index in [0.29, 0.717) is 6.54 Å². The average Bonchev–Trinajstić information content (AvgIpc) is 2.40. The number of methoxy groups -OCH3 is 1. The van der Waals surface area contributed by atoms with E-state index in [1.165, 1.54) is 0 Å². The van der Waals surface area contributed by atoms with Crippen molar-refractivity contribution in [2.45, 2.75) is 45.3 Å². The van der Waals surface area contributed by atoms with Gasteiger partial charge in [-0.15, -0.1) is 0 Å². The van der Waals surface area contributed by atoms with E-state index in [0.717, 1.165) is 30.6 Å². The Balaban J connectivity index is 2.65. The van der Waals surface area contributed by atoms with E-state index in [2.05, 4.69) is 25.2 Å². The van der Waals surface area contributed by atoms with Gasteiger partial charge in [0.1, 0.15) is 5.75 Å². The quantitative estimate of drug-likeness (QED) is 0.746. The Bertz CT molecular complexity index is 341. The zero-order chi connectivity index (χ0) is 13.4. The van der Waals surface area contributed by atoms with Gasteiger partial charge in [-0.2, -0.15) is 0 Å². The molecule has 0 saturated carbocycles. The van der Waals surface area contributed by atoms with Crippen LogP contribution in [0.5, 0.6) is 5.75 Å². The van der Waals surface area contributed by atoms with Crippen molar-refractivity contribution in [3.8, 4) is 5.75 Å². The number of benzene rings is 1. The van der Waals surface area contributed by atoms with Crippen LogP contribution >= 0.6 is 0 Å². The van der Waals surface area contributed by atoms with Crippen LogP contribution in [0.1, 0.15) is 44.7 Å². The second-order valence-electron chi connectivity index (χ2n) is 4.55. The molecule has 1 aromatic carbocycles. The molecule has 1 aromatic rings. The molecule has 2 N–H and O–H groups in total. The zero-order valence-electron chi connectivity index (χ0n) is 11.6. The monoisotopic (exact) mass is 251 g/mol. The van der Waals surface area contributed by atoms with Crippen molar-refractivity contribution in [3.63, 3.8) is 0 Å². The molecule has 0 saturated heterocycles. The molecule has 0 spiro atoms. The number of para-hydroxylation sites is 1. The predicted molar refractivity (Wildman–Crippen MR) is 74.9 cm³/mol. The highest BCUT2D eigenvalue weighted by atomic mass is 16.5. The molecule has 0 fully saturated rings. The second-order valence-corrected chi connectivity index (χ2v) is 4.55. The Hall–Kier alpha value is -1.06. The van der Waals surface area contributed by atoms with Crippen LogP contribution in [0.3, 0.4) is 0 Å². The minimum atomic E-state index is -0.265. The number of hydrogen-bond acceptors (Lipinski definition) is 3. The molecule has 2 unspecified atom stereocenters. The van der Waals surface area contributed by atoms with Crippen molar-refractivity contribution in [2.75, 3.05) is 13.7 Å². The molecule has 0 aliphatic rings. The van der Waals surface area contributed by atoms with Gasteiger partial charge in [-0.05, 0) is 18.9 Å². The molecule has 3 heteroatoms. The molecule has 102 valence electrons. The van der Waals surface area contributed by atoms with Crippen molar-refractivity contribution in [2.24, 2.45) is 0 Å².